The van der Waals surface area contributed by atoms with Gasteiger partial charge in [0.2, 0.25) is 5.95 Å². The fraction of sp³-hybridized carbons (Fsp3) is 0.500. The van der Waals surface area contributed by atoms with E-state index in [0.717, 1.165) is 25.1 Å². The van der Waals surface area contributed by atoms with Gasteiger partial charge in [-0.15, -0.1) is 0 Å². The smallest absolute Gasteiger partial charge is 0.276 e. The third-order valence-electron chi connectivity index (χ3n) is 3.65. The van der Waals surface area contributed by atoms with Crippen molar-refractivity contribution >= 4 is 17.0 Å². The molecule has 102 valence electrons. The van der Waals surface area contributed by atoms with Crippen molar-refractivity contribution in [2.75, 3.05) is 25.4 Å². The molecule has 0 spiro atoms. The van der Waals surface area contributed by atoms with Gasteiger partial charge in [0.05, 0.1) is 0 Å². The molecule has 7 nitrogen and oxygen atoms in total. The molecule has 3 rings (SSSR count). The van der Waals surface area contributed by atoms with Gasteiger partial charge in [-0.25, -0.2) is 4.98 Å². The van der Waals surface area contributed by atoms with Gasteiger partial charge in [-0.1, -0.05) is 0 Å². The SMILES string of the molecule is Nc1nc2c(CN3CC[C@@H](CO)C3)c[nH]c2c(=O)[nH]1. The largest absolute Gasteiger partial charge is 0.396 e. The Balaban J connectivity index is 1.88. The number of nitrogens with two attached hydrogens (primary N) is 1. The van der Waals surface area contributed by atoms with Crippen LogP contribution in [0.3, 0.4) is 0 Å². The number of aromatic nitrogens is 3. The highest BCUT2D eigenvalue weighted by Crippen LogP contribution is 2.21. The summed E-state index contributed by atoms with van der Waals surface area (Å²) in [6.45, 7) is 2.78. The van der Waals surface area contributed by atoms with Crippen molar-refractivity contribution in [2.24, 2.45) is 5.92 Å². The normalized spacial score (nSPS) is 20.4. The number of nitrogens with zero attached hydrogens (tertiary/aromatic N) is 2. The van der Waals surface area contributed by atoms with Gasteiger partial charge < -0.3 is 15.8 Å². The maximum Gasteiger partial charge on any atom is 0.276 e. The number of hydrogen-bond donors (Lipinski definition) is 4. The molecule has 3 heterocycles. The van der Waals surface area contributed by atoms with Crippen molar-refractivity contribution in [1.82, 2.24) is 19.9 Å². The van der Waals surface area contributed by atoms with Crippen molar-refractivity contribution in [1.29, 1.82) is 0 Å². The summed E-state index contributed by atoms with van der Waals surface area (Å²) in [5.41, 5.74) is 7.39. The molecule has 7 heteroatoms. The Labute approximate surface area is 109 Å². The molecule has 1 saturated heterocycles. The van der Waals surface area contributed by atoms with Crippen LogP contribution >= 0.6 is 0 Å². The zero-order valence-corrected chi connectivity index (χ0v) is 10.5. The van der Waals surface area contributed by atoms with Crippen molar-refractivity contribution in [3.63, 3.8) is 0 Å². The highest BCUT2D eigenvalue weighted by molar-refractivity contribution is 5.78. The van der Waals surface area contributed by atoms with Crippen LogP contribution in [0.5, 0.6) is 0 Å². The number of hydrogen-bond acceptors (Lipinski definition) is 5. The minimum absolute atomic E-state index is 0.132. The number of rotatable bonds is 3. The van der Waals surface area contributed by atoms with E-state index in [4.69, 9.17) is 10.8 Å². The Kier molecular flexibility index (Phi) is 3.00. The van der Waals surface area contributed by atoms with Crippen LogP contribution in [0.25, 0.3) is 11.0 Å². The molecule has 0 bridgehead atoms. The van der Waals surface area contributed by atoms with Gasteiger partial charge in [-0.3, -0.25) is 14.7 Å². The molecule has 1 aliphatic rings. The number of anilines is 1. The molecule has 5 N–H and O–H groups in total. The Hall–Kier alpha value is -1.86. The highest BCUT2D eigenvalue weighted by atomic mass is 16.3. The predicted molar refractivity (Wildman–Crippen MR) is 71.6 cm³/mol. The molecular formula is C12H17N5O2. The first-order valence-electron chi connectivity index (χ1n) is 6.36. The summed E-state index contributed by atoms with van der Waals surface area (Å²) in [5, 5.41) is 9.15. The number of aliphatic hydroxyl groups excluding tert-OH is 1. The van der Waals surface area contributed by atoms with E-state index in [9.17, 15) is 4.79 Å². The molecule has 2 aromatic heterocycles. The van der Waals surface area contributed by atoms with Crippen LogP contribution < -0.4 is 11.3 Å². The average molecular weight is 263 g/mol. The minimum atomic E-state index is -0.247. The summed E-state index contributed by atoms with van der Waals surface area (Å²) in [6, 6.07) is 0. The fourth-order valence-electron chi connectivity index (χ4n) is 2.65. The quantitative estimate of drug-likeness (QED) is 0.604. The number of nitrogen functional groups attached to an aromatic ring is 1. The molecule has 1 aliphatic heterocycles. The topological polar surface area (TPSA) is 111 Å². The van der Waals surface area contributed by atoms with Gasteiger partial charge in [0.15, 0.2) is 0 Å². The second kappa shape index (κ2) is 4.67. The summed E-state index contributed by atoms with van der Waals surface area (Å²) < 4.78 is 0. The predicted octanol–water partition coefficient (Wildman–Crippen LogP) is -0.352. The Morgan fingerprint density at radius 1 is 1.58 bits per heavy atom. The van der Waals surface area contributed by atoms with Crippen LogP contribution in [0, 0.1) is 5.92 Å². The molecule has 2 aromatic rings. The van der Waals surface area contributed by atoms with Gasteiger partial charge in [-0.05, 0) is 18.9 Å². The lowest BCUT2D eigenvalue weighted by molar-refractivity contribution is 0.220. The van der Waals surface area contributed by atoms with E-state index in [2.05, 4.69) is 19.9 Å². The maximum absolute atomic E-state index is 11.7. The summed E-state index contributed by atoms with van der Waals surface area (Å²) in [7, 11) is 0. The third kappa shape index (κ3) is 2.22. The van der Waals surface area contributed by atoms with Gasteiger partial charge in [0, 0.05) is 31.5 Å². The Morgan fingerprint density at radius 2 is 2.42 bits per heavy atom. The molecular weight excluding hydrogens is 246 g/mol. The number of nitrogens with one attached hydrogen (secondary N) is 2. The van der Waals surface area contributed by atoms with Gasteiger partial charge in [0.25, 0.3) is 5.56 Å². The van der Waals surface area contributed by atoms with Crippen LogP contribution in [0.1, 0.15) is 12.0 Å². The number of aromatic amines is 2. The summed E-state index contributed by atoms with van der Waals surface area (Å²) in [6.07, 6.45) is 2.81. The molecule has 0 aromatic carbocycles. The molecule has 0 amide bonds. The van der Waals surface area contributed by atoms with E-state index < -0.39 is 0 Å². The summed E-state index contributed by atoms with van der Waals surface area (Å²) in [4.78, 5) is 23.6. The van der Waals surface area contributed by atoms with Crippen LogP contribution in [0.4, 0.5) is 5.95 Å². The van der Waals surface area contributed by atoms with Crippen molar-refractivity contribution in [2.45, 2.75) is 13.0 Å². The fourth-order valence-corrected chi connectivity index (χ4v) is 2.65. The number of likely N-dealkylation sites (tertiary alicyclic amines) is 1. The lowest BCUT2D eigenvalue weighted by Crippen LogP contribution is -2.21. The Bertz CT molecular complexity index is 647. The molecule has 0 unspecified atom stereocenters. The number of H-pyrrole nitrogens is 2. The molecule has 0 aliphatic carbocycles. The Morgan fingerprint density at radius 3 is 3.16 bits per heavy atom. The van der Waals surface area contributed by atoms with Crippen LogP contribution in [0.15, 0.2) is 11.0 Å². The van der Waals surface area contributed by atoms with Crippen molar-refractivity contribution in [3.8, 4) is 0 Å². The maximum atomic E-state index is 11.7. The van der Waals surface area contributed by atoms with Crippen molar-refractivity contribution < 1.29 is 5.11 Å². The third-order valence-corrected chi connectivity index (χ3v) is 3.65. The van der Waals surface area contributed by atoms with Crippen LogP contribution in [0.2, 0.25) is 0 Å². The first-order chi connectivity index (χ1) is 9.17. The molecule has 19 heavy (non-hydrogen) atoms. The second-order valence-corrected chi connectivity index (χ2v) is 5.06. The lowest BCUT2D eigenvalue weighted by Gasteiger charge is -2.14. The van der Waals surface area contributed by atoms with E-state index in [1.165, 1.54) is 0 Å². The molecule has 1 atom stereocenters. The van der Waals surface area contributed by atoms with Crippen LogP contribution in [-0.4, -0.2) is 44.7 Å². The standard InChI is InChI=1S/C12H17N5O2/c13-12-15-9-8(3-14-10(9)11(19)16-12)5-17-2-1-7(4-17)6-18/h3,7,14,18H,1-2,4-6H2,(H3,13,15,16,19)/t7-/m1/s1. The van der Waals surface area contributed by atoms with Gasteiger partial charge in [0.1, 0.15) is 11.0 Å². The van der Waals surface area contributed by atoms with Crippen molar-refractivity contribution in [3.05, 3.63) is 22.1 Å². The molecule has 0 saturated carbocycles. The summed E-state index contributed by atoms with van der Waals surface area (Å²) in [5.74, 6) is 0.486. The molecule has 0 radical (unpaired) electrons. The van der Waals surface area contributed by atoms with Crippen LogP contribution in [-0.2, 0) is 6.54 Å². The zero-order valence-electron chi connectivity index (χ0n) is 10.5. The average Bonchev–Trinajstić information content (AvgIpc) is 2.97. The first kappa shape index (κ1) is 12.2. The van der Waals surface area contributed by atoms with Gasteiger partial charge >= 0.3 is 0 Å². The van der Waals surface area contributed by atoms with E-state index >= 15 is 0 Å². The second-order valence-electron chi connectivity index (χ2n) is 5.06. The van der Waals surface area contributed by atoms with E-state index in [-0.39, 0.29) is 18.1 Å². The lowest BCUT2D eigenvalue weighted by atomic mass is 10.1. The minimum Gasteiger partial charge on any atom is -0.396 e. The number of fused-ring (bicyclic) bond motifs is 1. The van der Waals surface area contributed by atoms with E-state index in [1.807, 2.05) is 0 Å². The highest BCUT2D eigenvalue weighted by Gasteiger charge is 2.22. The van der Waals surface area contributed by atoms with E-state index in [1.54, 1.807) is 6.20 Å². The molecule has 1 fully saturated rings. The zero-order chi connectivity index (χ0) is 13.4. The number of aliphatic hydroxyl groups is 1. The van der Waals surface area contributed by atoms with Gasteiger partial charge in [-0.2, -0.15) is 0 Å². The first-order valence-corrected chi connectivity index (χ1v) is 6.36. The monoisotopic (exact) mass is 263 g/mol. The summed E-state index contributed by atoms with van der Waals surface area (Å²) >= 11 is 0. The van der Waals surface area contributed by atoms with E-state index in [0.29, 0.717) is 23.5 Å².